The SMILES string of the molecule is CC1=C(C(=O)OC(C)(C)C)[C@@H](c2ccccc2)[C@](C)(N=C(C(=O)OC(C)(C)C)C(=O)OC(C)(C)C)O1. The van der Waals surface area contributed by atoms with E-state index in [2.05, 4.69) is 4.99 Å². The smallest absolute Gasteiger partial charge is 0.364 e. The minimum Gasteiger partial charge on any atom is -0.470 e. The zero-order chi connectivity index (χ0) is 27.7. The highest BCUT2D eigenvalue weighted by Gasteiger charge is 2.51. The molecule has 1 aliphatic rings. The lowest BCUT2D eigenvalue weighted by Gasteiger charge is -2.30. The van der Waals surface area contributed by atoms with Crippen LogP contribution in [0.4, 0.5) is 0 Å². The first-order valence-corrected chi connectivity index (χ1v) is 12.0. The Hall–Kier alpha value is -3.16. The first kappa shape index (κ1) is 29.1. The molecule has 0 unspecified atom stereocenters. The molecular weight excluding hydrogens is 462 g/mol. The maximum atomic E-state index is 13.3. The zero-order valence-electron chi connectivity index (χ0n) is 23.3. The van der Waals surface area contributed by atoms with Gasteiger partial charge in [-0.3, -0.25) is 0 Å². The number of aliphatic imine (C=N–C) groups is 1. The van der Waals surface area contributed by atoms with Crippen LogP contribution in [0, 0.1) is 0 Å². The summed E-state index contributed by atoms with van der Waals surface area (Å²) in [7, 11) is 0. The zero-order valence-corrected chi connectivity index (χ0v) is 23.3. The fourth-order valence-electron chi connectivity index (χ4n) is 3.75. The summed E-state index contributed by atoms with van der Waals surface area (Å²) in [5.41, 5.74) is -3.64. The molecule has 0 amide bonds. The molecule has 0 bridgehead atoms. The summed E-state index contributed by atoms with van der Waals surface area (Å²) in [6.45, 7) is 18.7. The van der Waals surface area contributed by atoms with Gasteiger partial charge in [0.15, 0.2) is 0 Å². The molecule has 8 nitrogen and oxygen atoms in total. The lowest BCUT2D eigenvalue weighted by Crippen LogP contribution is -2.41. The fraction of sp³-hybridized carbons (Fsp3) is 0.571. The van der Waals surface area contributed by atoms with Crippen LogP contribution in [0.25, 0.3) is 0 Å². The highest BCUT2D eigenvalue weighted by Crippen LogP contribution is 2.48. The normalized spacial score (nSPS) is 20.4. The summed E-state index contributed by atoms with van der Waals surface area (Å²) in [5.74, 6) is -2.94. The van der Waals surface area contributed by atoms with Crippen molar-refractivity contribution in [3.05, 3.63) is 47.2 Å². The van der Waals surface area contributed by atoms with Gasteiger partial charge in [0.2, 0.25) is 11.4 Å². The van der Waals surface area contributed by atoms with E-state index in [4.69, 9.17) is 18.9 Å². The summed E-state index contributed by atoms with van der Waals surface area (Å²) in [5, 5.41) is 0. The number of nitrogens with zero attached hydrogens (tertiary/aromatic N) is 1. The largest absolute Gasteiger partial charge is 0.470 e. The molecule has 36 heavy (non-hydrogen) atoms. The molecule has 2 atom stereocenters. The van der Waals surface area contributed by atoms with E-state index < -0.39 is 52.1 Å². The van der Waals surface area contributed by atoms with Crippen molar-refractivity contribution in [2.24, 2.45) is 4.99 Å². The van der Waals surface area contributed by atoms with Crippen LogP contribution >= 0.6 is 0 Å². The number of carbonyl (C=O) groups excluding carboxylic acids is 3. The predicted molar refractivity (Wildman–Crippen MR) is 136 cm³/mol. The Labute approximate surface area is 214 Å². The molecule has 0 radical (unpaired) electrons. The molecule has 0 aromatic heterocycles. The van der Waals surface area contributed by atoms with E-state index in [-0.39, 0.29) is 11.3 Å². The van der Waals surface area contributed by atoms with Crippen molar-refractivity contribution < 1.29 is 33.3 Å². The molecule has 1 heterocycles. The second-order valence-electron chi connectivity index (χ2n) is 11.9. The lowest BCUT2D eigenvalue weighted by molar-refractivity contribution is -0.152. The molecule has 0 fully saturated rings. The maximum Gasteiger partial charge on any atom is 0.364 e. The van der Waals surface area contributed by atoms with E-state index in [1.165, 1.54) is 0 Å². The van der Waals surface area contributed by atoms with E-state index in [1.807, 2.05) is 30.3 Å². The van der Waals surface area contributed by atoms with Gasteiger partial charge in [0, 0.05) is 0 Å². The van der Waals surface area contributed by atoms with Crippen molar-refractivity contribution in [3.8, 4) is 0 Å². The van der Waals surface area contributed by atoms with Gasteiger partial charge in [-0.2, -0.15) is 0 Å². The number of rotatable bonds is 5. The molecule has 0 aliphatic carbocycles. The van der Waals surface area contributed by atoms with Crippen molar-refractivity contribution in [2.75, 3.05) is 0 Å². The number of ether oxygens (including phenoxy) is 4. The van der Waals surface area contributed by atoms with Crippen LogP contribution in [-0.4, -0.2) is 46.1 Å². The van der Waals surface area contributed by atoms with Gasteiger partial charge < -0.3 is 18.9 Å². The molecule has 0 spiro atoms. The Morgan fingerprint density at radius 3 is 1.67 bits per heavy atom. The third-order valence-electron chi connectivity index (χ3n) is 4.83. The first-order chi connectivity index (χ1) is 16.2. The van der Waals surface area contributed by atoms with Gasteiger partial charge in [-0.25, -0.2) is 19.4 Å². The van der Waals surface area contributed by atoms with Gasteiger partial charge in [0.1, 0.15) is 22.6 Å². The van der Waals surface area contributed by atoms with Crippen LogP contribution in [0.2, 0.25) is 0 Å². The molecule has 8 heteroatoms. The number of benzene rings is 1. The van der Waals surface area contributed by atoms with Crippen LogP contribution in [0.5, 0.6) is 0 Å². The van der Waals surface area contributed by atoms with Crippen molar-refractivity contribution in [1.82, 2.24) is 0 Å². The minimum absolute atomic E-state index is 0.259. The van der Waals surface area contributed by atoms with Gasteiger partial charge >= 0.3 is 17.9 Å². The maximum absolute atomic E-state index is 13.3. The van der Waals surface area contributed by atoms with Gasteiger partial charge in [-0.05, 0) is 81.7 Å². The van der Waals surface area contributed by atoms with E-state index in [9.17, 15) is 14.4 Å². The highest BCUT2D eigenvalue weighted by molar-refractivity contribution is 6.62. The lowest BCUT2D eigenvalue weighted by atomic mass is 9.84. The van der Waals surface area contributed by atoms with Crippen LogP contribution in [0.1, 0.15) is 87.6 Å². The molecule has 0 N–H and O–H groups in total. The standard InChI is InChI=1S/C28H39NO7/c1-17-19(22(30)34-25(2,3)4)20(18-15-13-12-14-16-18)28(11,33-17)29-21(23(31)35-26(5,6)7)24(32)36-27(8,9)10/h12-16,20H,1-11H3/t20-,28-/m1/s1. The van der Waals surface area contributed by atoms with Gasteiger partial charge in [-0.15, -0.1) is 0 Å². The Balaban J connectivity index is 2.69. The quantitative estimate of drug-likeness (QED) is 0.235. The second-order valence-corrected chi connectivity index (χ2v) is 11.9. The fourth-order valence-corrected chi connectivity index (χ4v) is 3.75. The summed E-state index contributed by atoms with van der Waals surface area (Å²) in [6, 6.07) is 9.14. The Morgan fingerprint density at radius 2 is 1.25 bits per heavy atom. The summed E-state index contributed by atoms with van der Waals surface area (Å²) < 4.78 is 22.7. The molecule has 1 aromatic rings. The average molecular weight is 502 g/mol. The second kappa shape index (κ2) is 10.1. The number of allylic oxidation sites excluding steroid dienone is 1. The average Bonchev–Trinajstić information content (AvgIpc) is 2.93. The van der Waals surface area contributed by atoms with Gasteiger partial charge in [0.05, 0.1) is 11.5 Å². The third kappa shape index (κ3) is 7.67. The molecule has 2 rings (SSSR count). The topological polar surface area (TPSA) is 100 Å². The number of esters is 3. The summed E-state index contributed by atoms with van der Waals surface area (Å²) >= 11 is 0. The van der Waals surface area contributed by atoms with Crippen LogP contribution < -0.4 is 0 Å². The van der Waals surface area contributed by atoms with Crippen molar-refractivity contribution in [1.29, 1.82) is 0 Å². The number of carbonyl (C=O) groups is 3. The van der Waals surface area contributed by atoms with Crippen LogP contribution in [0.3, 0.4) is 0 Å². The van der Waals surface area contributed by atoms with E-state index in [0.29, 0.717) is 5.56 Å². The van der Waals surface area contributed by atoms with E-state index in [1.54, 1.807) is 76.2 Å². The van der Waals surface area contributed by atoms with Gasteiger partial charge in [0.25, 0.3) is 0 Å². The Morgan fingerprint density at radius 1 is 0.806 bits per heavy atom. The molecular formula is C28H39NO7. The Kier molecular flexibility index (Phi) is 8.13. The number of hydrogen-bond donors (Lipinski definition) is 0. The van der Waals surface area contributed by atoms with Crippen molar-refractivity contribution >= 4 is 23.6 Å². The van der Waals surface area contributed by atoms with Crippen LogP contribution in [-0.2, 0) is 33.3 Å². The minimum atomic E-state index is -1.54. The number of hydrogen-bond acceptors (Lipinski definition) is 8. The monoisotopic (exact) mass is 501 g/mol. The van der Waals surface area contributed by atoms with Crippen molar-refractivity contribution in [2.45, 2.75) is 105 Å². The summed E-state index contributed by atoms with van der Waals surface area (Å²) in [4.78, 5) is 44.0. The summed E-state index contributed by atoms with van der Waals surface area (Å²) in [6.07, 6.45) is 0. The molecule has 1 aliphatic heterocycles. The van der Waals surface area contributed by atoms with Crippen molar-refractivity contribution in [3.63, 3.8) is 0 Å². The van der Waals surface area contributed by atoms with E-state index >= 15 is 0 Å². The van der Waals surface area contributed by atoms with E-state index in [0.717, 1.165) is 0 Å². The molecule has 198 valence electrons. The van der Waals surface area contributed by atoms with Crippen LogP contribution in [0.15, 0.2) is 46.7 Å². The molecule has 0 saturated carbocycles. The first-order valence-electron chi connectivity index (χ1n) is 12.0. The molecule has 1 aromatic carbocycles. The predicted octanol–water partition coefficient (Wildman–Crippen LogP) is 5.26. The Bertz CT molecular complexity index is 1040. The van der Waals surface area contributed by atoms with Gasteiger partial charge in [-0.1, -0.05) is 30.3 Å². The third-order valence-corrected chi connectivity index (χ3v) is 4.83. The molecule has 0 saturated heterocycles. The highest BCUT2D eigenvalue weighted by atomic mass is 16.6.